The van der Waals surface area contributed by atoms with Gasteiger partial charge in [0.15, 0.2) is 5.78 Å². The molecule has 0 amide bonds. The van der Waals surface area contributed by atoms with Crippen molar-refractivity contribution in [2.75, 3.05) is 25.4 Å². The van der Waals surface area contributed by atoms with Crippen molar-refractivity contribution in [3.63, 3.8) is 0 Å². The third kappa shape index (κ3) is 4.61. The van der Waals surface area contributed by atoms with Crippen LogP contribution in [0, 0.1) is 0 Å². The van der Waals surface area contributed by atoms with Crippen LogP contribution in [0.1, 0.15) is 37.0 Å². The van der Waals surface area contributed by atoms with Crippen molar-refractivity contribution < 1.29 is 4.79 Å². The number of nitrogens with zero attached hydrogens (tertiary/aromatic N) is 1. The molecular formula is C16H22BrNOS. The lowest BCUT2D eigenvalue weighted by Crippen LogP contribution is -2.29. The van der Waals surface area contributed by atoms with Gasteiger partial charge in [0, 0.05) is 40.0 Å². The van der Waals surface area contributed by atoms with Gasteiger partial charge in [-0.2, -0.15) is 11.8 Å². The van der Waals surface area contributed by atoms with E-state index in [-0.39, 0.29) is 5.78 Å². The highest BCUT2D eigenvalue weighted by Crippen LogP contribution is 2.30. The standard InChI is InChI=1S/C16H22BrNOS/c1-16(2)8-10-18(11-12-20-16)9-7-15(19)13-5-3-4-6-14(13)17/h3-6H,7-12H2,1-2H3. The number of hydrogen-bond donors (Lipinski definition) is 0. The van der Waals surface area contributed by atoms with Gasteiger partial charge in [-0.05, 0) is 19.0 Å². The van der Waals surface area contributed by atoms with Gasteiger partial charge in [-0.3, -0.25) is 4.79 Å². The Labute approximate surface area is 134 Å². The number of ketones is 1. The summed E-state index contributed by atoms with van der Waals surface area (Å²) in [7, 11) is 0. The van der Waals surface area contributed by atoms with E-state index in [1.807, 2.05) is 36.0 Å². The molecule has 1 heterocycles. The van der Waals surface area contributed by atoms with E-state index in [2.05, 4.69) is 34.7 Å². The van der Waals surface area contributed by atoms with Gasteiger partial charge in [0.1, 0.15) is 0 Å². The maximum Gasteiger partial charge on any atom is 0.165 e. The van der Waals surface area contributed by atoms with Gasteiger partial charge in [-0.25, -0.2) is 0 Å². The van der Waals surface area contributed by atoms with E-state index in [1.165, 1.54) is 6.42 Å². The topological polar surface area (TPSA) is 20.3 Å². The fourth-order valence-corrected chi connectivity index (χ4v) is 4.01. The Bertz CT molecular complexity index is 475. The van der Waals surface area contributed by atoms with Gasteiger partial charge in [0.2, 0.25) is 0 Å². The number of hydrogen-bond acceptors (Lipinski definition) is 3. The lowest BCUT2D eigenvalue weighted by atomic mass is 10.1. The number of rotatable bonds is 4. The van der Waals surface area contributed by atoms with Crippen LogP contribution in [-0.4, -0.2) is 40.8 Å². The summed E-state index contributed by atoms with van der Waals surface area (Å²) in [6, 6.07) is 7.68. The zero-order valence-electron chi connectivity index (χ0n) is 12.2. The van der Waals surface area contributed by atoms with Crippen molar-refractivity contribution >= 4 is 33.5 Å². The van der Waals surface area contributed by atoms with E-state index in [1.54, 1.807) is 0 Å². The summed E-state index contributed by atoms with van der Waals surface area (Å²) < 4.78 is 1.28. The quantitative estimate of drug-likeness (QED) is 0.753. The molecule has 2 nitrogen and oxygen atoms in total. The van der Waals surface area contributed by atoms with Gasteiger partial charge in [-0.15, -0.1) is 0 Å². The molecule has 0 aliphatic carbocycles. The maximum absolute atomic E-state index is 12.3. The highest BCUT2D eigenvalue weighted by Gasteiger charge is 2.23. The highest BCUT2D eigenvalue weighted by atomic mass is 79.9. The first-order valence-electron chi connectivity index (χ1n) is 7.12. The lowest BCUT2D eigenvalue weighted by molar-refractivity contribution is 0.0964. The first kappa shape index (κ1) is 16.1. The molecule has 0 unspecified atom stereocenters. The van der Waals surface area contributed by atoms with Crippen LogP contribution >= 0.6 is 27.7 Å². The zero-order valence-corrected chi connectivity index (χ0v) is 14.6. The minimum atomic E-state index is 0.230. The number of benzene rings is 1. The summed E-state index contributed by atoms with van der Waals surface area (Å²) in [4.78, 5) is 14.7. The van der Waals surface area contributed by atoms with Gasteiger partial charge in [-0.1, -0.05) is 48.0 Å². The largest absolute Gasteiger partial charge is 0.302 e. The summed E-state index contributed by atoms with van der Waals surface area (Å²) in [5.74, 6) is 1.39. The molecule has 110 valence electrons. The van der Waals surface area contributed by atoms with Crippen molar-refractivity contribution in [3.8, 4) is 0 Å². The van der Waals surface area contributed by atoms with E-state index in [9.17, 15) is 4.79 Å². The van der Waals surface area contributed by atoms with Crippen LogP contribution in [0.5, 0.6) is 0 Å². The molecule has 20 heavy (non-hydrogen) atoms. The Morgan fingerprint density at radius 2 is 2.10 bits per heavy atom. The Morgan fingerprint density at radius 3 is 2.85 bits per heavy atom. The summed E-state index contributed by atoms with van der Waals surface area (Å²) >= 11 is 5.50. The predicted octanol–water partition coefficient (Wildman–Crippen LogP) is 4.24. The Balaban J connectivity index is 1.86. The molecule has 0 N–H and O–H groups in total. The molecule has 1 aromatic carbocycles. The van der Waals surface area contributed by atoms with Crippen LogP contribution in [0.3, 0.4) is 0 Å². The Morgan fingerprint density at radius 1 is 1.35 bits per heavy atom. The molecule has 1 aromatic rings. The Hall–Kier alpha value is -0.320. The second-order valence-electron chi connectivity index (χ2n) is 5.85. The van der Waals surface area contributed by atoms with Crippen LogP contribution in [-0.2, 0) is 0 Å². The first-order valence-corrected chi connectivity index (χ1v) is 8.90. The molecule has 1 saturated heterocycles. The summed E-state index contributed by atoms with van der Waals surface area (Å²) in [6.07, 6.45) is 1.80. The molecule has 0 saturated carbocycles. The van der Waals surface area contributed by atoms with Gasteiger partial charge in [0.25, 0.3) is 0 Å². The van der Waals surface area contributed by atoms with Crippen LogP contribution < -0.4 is 0 Å². The molecule has 1 fully saturated rings. The first-order chi connectivity index (χ1) is 9.48. The summed E-state index contributed by atoms with van der Waals surface area (Å²) in [5, 5.41) is 0. The Kier molecular flexibility index (Phi) is 5.70. The number of Topliss-reactive ketones (excluding diaryl/α,β-unsaturated/α-hetero) is 1. The number of halogens is 1. The van der Waals surface area contributed by atoms with Gasteiger partial charge in [0.05, 0.1) is 0 Å². The van der Waals surface area contributed by atoms with Crippen molar-refractivity contribution in [3.05, 3.63) is 34.3 Å². The van der Waals surface area contributed by atoms with Crippen LogP contribution in [0.25, 0.3) is 0 Å². The van der Waals surface area contributed by atoms with Crippen LogP contribution in [0.15, 0.2) is 28.7 Å². The molecule has 4 heteroatoms. The normalized spacial score (nSPS) is 19.6. The van der Waals surface area contributed by atoms with E-state index in [4.69, 9.17) is 0 Å². The SMILES string of the molecule is CC1(C)CCN(CCC(=O)c2ccccc2Br)CCS1. The molecule has 1 aliphatic heterocycles. The second kappa shape index (κ2) is 7.10. The average Bonchev–Trinajstić information content (AvgIpc) is 2.57. The van der Waals surface area contributed by atoms with Crippen LogP contribution in [0.4, 0.5) is 0 Å². The van der Waals surface area contributed by atoms with Crippen molar-refractivity contribution in [1.29, 1.82) is 0 Å². The molecule has 0 bridgehead atoms. The molecule has 0 spiro atoms. The molecule has 1 aliphatic rings. The lowest BCUT2D eigenvalue weighted by Gasteiger charge is -2.22. The summed E-state index contributed by atoms with van der Waals surface area (Å²) in [6.45, 7) is 7.69. The minimum absolute atomic E-state index is 0.230. The smallest absolute Gasteiger partial charge is 0.165 e. The molecule has 0 radical (unpaired) electrons. The molecular weight excluding hydrogens is 334 g/mol. The predicted molar refractivity (Wildman–Crippen MR) is 90.7 cm³/mol. The minimum Gasteiger partial charge on any atom is -0.302 e. The third-order valence-corrected chi connectivity index (χ3v) is 5.82. The van der Waals surface area contributed by atoms with E-state index >= 15 is 0 Å². The van der Waals surface area contributed by atoms with Crippen LogP contribution in [0.2, 0.25) is 0 Å². The van der Waals surface area contributed by atoms with E-state index in [0.717, 1.165) is 35.4 Å². The monoisotopic (exact) mass is 355 g/mol. The third-order valence-electron chi connectivity index (χ3n) is 3.76. The van der Waals surface area contributed by atoms with Gasteiger partial charge < -0.3 is 4.90 Å². The molecule has 0 atom stereocenters. The van der Waals surface area contributed by atoms with Crippen molar-refractivity contribution in [2.45, 2.75) is 31.4 Å². The average molecular weight is 356 g/mol. The van der Waals surface area contributed by atoms with E-state index in [0.29, 0.717) is 11.2 Å². The molecule has 0 aromatic heterocycles. The zero-order chi connectivity index (χ0) is 14.6. The maximum atomic E-state index is 12.3. The van der Waals surface area contributed by atoms with Crippen molar-refractivity contribution in [1.82, 2.24) is 4.90 Å². The van der Waals surface area contributed by atoms with Crippen molar-refractivity contribution in [2.24, 2.45) is 0 Å². The van der Waals surface area contributed by atoms with Gasteiger partial charge >= 0.3 is 0 Å². The fraction of sp³-hybridized carbons (Fsp3) is 0.562. The fourth-order valence-electron chi connectivity index (χ4n) is 2.37. The highest BCUT2D eigenvalue weighted by molar-refractivity contribution is 9.10. The summed E-state index contributed by atoms with van der Waals surface area (Å²) in [5.41, 5.74) is 0.803. The number of carbonyl (C=O) groups excluding carboxylic acids is 1. The second-order valence-corrected chi connectivity index (χ2v) is 8.51. The number of thioether (sulfide) groups is 1. The molecule has 2 rings (SSSR count). The number of carbonyl (C=O) groups is 1. The van der Waals surface area contributed by atoms with E-state index < -0.39 is 0 Å².